The number of para-hydroxylation sites is 2. The first kappa shape index (κ1) is 19.0. The summed E-state index contributed by atoms with van der Waals surface area (Å²) >= 11 is 0. The third-order valence-electron chi connectivity index (χ3n) is 4.69. The van der Waals surface area contributed by atoms with Crippen LogP contribution in [0.3, 0.4) is 0 Å². The van der Waals surface area contributed by atoms with Gasteiger partial charge in [0, 0.05) is 19.7 Å². The molecule has 4 nitrogen and oxygen atoms in total. The molecule has 2 N–H and O–H groups in total. The lowest BCUT2D eigenvalue weighted by atomic mass is 10.1. The van der Waals surface area contributed by atoms with Crippen LogP contribution in [0.15, 0.2) is 77.6 Å². The Morgan fingerprint density at radius 2 is 1.60 bits per heavy atom. The molecule has 0 saturated heterocycles. The maximum Gasteiger partial charge on any atom is 0.211 e. The zero-order chi connectivity index (χ0) is 17.0. The predicted octanol–water partition coefficient (Wildman–Crippen LogP) is 0.949. The Labute approximate surface area is 156 Å². The Kier molecular flexibility index (Phi) is 6.23. The lowest BCUT2D eigenvalue weighted by Crippen LogP contribution is -3.00. The maximum atomic E-state index is 4.94. The summed E-state index contributed by atoms with van der Waals surface area (Å²) in [4.78, 5) is 4.94. The Hall–Kier alpha value is -2.30. The van der Waals surface area contributed by atoms with E-state index in [-0.39, 0.29) is 18.6 Å². The number of nitrogens with one attached hydrogen (secondary N) is 2. The summed E-state index contributed by atoms with van der Waals surface area (Å²) in [7, 11) is 1.98. The second kappa shape index (κ2) is 8.19. The number of hydrogen-bond acceptors (Lipinski definition) is 3. The molecule has 3 rings (SSSR count). The van der Waals surface area contributed by atoms with Crippen LogP contribution in [-0.4, -0.2) is 25.6 Å². The Bertz CT molecular complexity index is 743. The molecule has 132 valence electrons. The summed E-state index contributed by atoms with van der Waals surface area (Å²) in [5.41, 5.74) is 2.29. The molecule has 0 saturated carbocycles. The van der Waals surface area contributed by atoms with Crippen molar-refractivity contribution in [3.05, 3.63) is 72.6 Å². The van der Waals surface area contributed by atoms with Gasteiger partial charge in [-0.1, -0.05) is 36.4 Å². The number of amidine groups is 1. The third-order valence-corrected chi connectivity index (χ3v) is 4.69. The van der Waals surface area contributed by atoms with Crippen molar-refractivity contribution in [2.24, 2.45) is 4.99 Å². The van der Waals surface area contributed by atoms with Gasteiger partial charge >= 0.3 is 0 Å². The molecule has 5 heteroatoms. The van der Waals surface area contributed by atoms with Gasteiger partial charge in [-0.3, -0.25) is 0 Å². The summed E-state index contributed by atoms with van der Waals surface area (Å²) in [5.74, 6) is 2.03. The van der Waals surface area contributed by atoms with Crippen LogP contribution in [0.1, 0.15) is 13.8 Å². The van der Waals surface area contributed by atoms with E-state index in [1.54, 1.807) is 0 Å². The molecule has 25 heavy (non-hydrogen) atoms. The van der Waals surface area contributed by atoms with Crippen LogP contribution in [0.4, 0.5) is 11.4 Å². The van der Waals surface area contributed by atoms with Gasteiger partial charge in [-0.15, -0.1) is 0 Å². The predicted molar refractivity (Wildman–Crippen MR) is 103 cm³/mol. The zero-order valence-corrected chi connectivity index (χ0v) is 15.7. The first-order chi connectivity index (χ1) is 11.7. The fourth-order valence-electron chi connectivity index (χ4n) is 3.46. The molecule has 0 aliphatic carbocycles. The summed E-state index contributed by atoms with van der Waals surface area (Å²) in [6.45, 7) is 5.31. The molecule has 0 amide bonds. The highest BCUT2D eigenvalue weighted by Crippen LogP contribution is 2.33. The van der Waals surface area contributed by atoms with E-state index in [1.807, 2.05) is 37.4 Å². The summed E-state index contributed by atoms with van der Waals surface area (Å²) in [6, 6.07) is 20.7. The highest BCUT2D eigenvalue weighted by molar-refractivity contribution is 6.05. The van der Waals surface area contributed by atoms with Crippen molar-refractivity contribution in [1.82, 2.24) is 9.80 Å². The van der Waals surface area contributed by atoms with Crippen molar-refractivity contribution in [3.63, 3.8) is 0 Å². The molecule has 2 aromatic rings. The number of quaternary nitrogens is 1. The first-order valence-corrected chi connectivity index (χ1v) is 8.44. The molecule has 2 aromatic carbocycles. The van der Waals surface area contributed by atoms with E-state index in [2.05, 4.69) is 60.9 Å². The normalized spacial score (nSPS) is 22.3. The van der Waals surface area contributed by atoms with Crippen molar-refractivity contribution in [1.29, 1.82) is 0 Å². The smallest absolute Gasteiger partial charge is 0.211 e. The van der Waals surface area contributed by atoms with Gasteiger partial charge in [-0.05, 0) is 31.2 Å². The minimum absolute atomic E-state index is 0. The fourth-order valence-corrected chi connectivity index (χ4v) is 3.46. The average molecular weight is 357 g/mol. The number of aliphatic imine (C=N–C) groups is 1. The van der Waals surface area contributed by atoms with Gasteiger partial charge < -0.3 is 23.0 Å². The van der Waals surface area contributed by atoms with E-state index in [0.29, 0.717) is 4.48 Å². The average Bonchev–Trinajstić information content (AvgIpc) is 2.63. The van der Waals surface area contributed by atoms with Crippen molar-refractivity contribution in [2.45, 2.75) is 20.0 Å². The van der Waals surface area contributed by atoms with E-state index < -0.39 is 0 Å². The van der Waals surface area contributed by atoms with Gasteiger partial charge in [0.15, 0.2) is 6.17 Å². The van der Waals surface area contributed by atoms with E-state index in [4.69, 9.17) is 4.99 Å². The van der Waals surface area contributed by atoms with Crippen LogP contribution >= 0.6 is 0 Å². The number of nitrogens with zero attached hydrogens (tertiary/aromatic N) is 2. The molecule has 0 aromatic heterocycles. The molecule has 2 atom stereocenters. The summed E-state index contributed by atoms with van der Waals surface area (Å²) in [5, 5.41) is 6.82. The number of anilines is 1. The quantitative estimate of drug-likeness (QED) is 0.800. The van der Waals surface area contributed by atoms with Gasteiger partial charge in [-0.25, -0.2) is 9.48 Å². The lowest BCUT2D eigenvalue weighted by Gasteiger charge is -2.43. The fraction of sp³-hybridized carbons (Fsp3) is 0.250. The molecule has 1 heterocycles. The van der Waals surface area contributed by atoms with Gasteiger partial charge in [0.25, 0.3) is 0 Å². The molecule has 0 bridgehead atoms. The zero-order valence-electron chi connectivity index (χ0n) is 14.9. The highest BCUT2D eigenvalue weighted by atomic mass is 35.5. The third kappa shape index (κ3) is 3.55. The topological polar surface area (TPSA) is 36.4 Å². The first-order valence-electron chi connectivity index (χ1n) is 8.44. The van der Waals surface area contributed by atoms with E-state index >= 15 is 0 Å². The molecule has 0 radical (unpaired) electrons. The number of hydrogen-bond donors (Lipinski definition) is 2. The van der Waals surface area contributed by atoms with Crippen molar-refractivity contribution in [3.8, 4) is 0 Å². The van der Waals surface area contributed by atoms with Crippen LogP contribution in [0, 0.1) is 0 Å². The molecule has 1 aliphatic heterocycles. The van der Waals surface area contributed by atoms with Crippen molar-refractivity contribution >= 4 is 17.2 Å². The second-order valence-electron chi connectivity index (χ2n) is 5.94. The Morgan fingerprint density at radius 1 is 1.00 bits per heavy atom. The Morgan fingerprint density at radius 3 is 2.16 bits per heavy atom. The molecular formula is C20H25ClN4. The van der Waals surface area contributed by atoms with Crippen LogP contribution in [0.25, 0.3) is 0 Å². The van der Waals surface area contributed by atoms with Gasteiger partial charge in [0.1, 0.15) is 11.5 Å². The van der Waals surface area contributed by atoms with Crippen LogP contribution < -0.4 is 27.5 Å². The van der Waals surface area contributed by atoms with E-state index in [0.717, 1.165) is 23.9 Å². The standard InChI is InChI=1S/C20H25N4.ClH/c1-4-24(18-13-9-6-10-14-18)16(2)22-19(15-20(24)21-3)23-17-11-7-5-8-12-17;/h5-16,21H,4H2,1-3H3,(H,22,23);1H/q+1;/p-1. The molecule has 0 fully saturated rings. The van der Waals surface area contributed by atoms with Crippen LogP contribution in [0.2, 0.25) is 0 Å². The number of halogens is 1. The van der Waals surface area contributed by atoms with E-state index in [9.17, 15) is 0 Å². The summed E-state index contributed by atoms with van der Waals surface area (Å²) < 4.78 is 0.692. The van der Waals surface area contributed by atoms with E-state index in [1.165, 1.54) is 5.69 Å². The molecule has 2 unspecified atom stereocenters. The lowest BCUT2D eigenvalue weighted by molar-refractivity contribution is -0.00000511. The van der Waals surface area contributed by atoms with Crippen molar-refractivity contribution < 1.29 is 12.4 Å². The summed E-state index contributed by atoms with van der Waals surface area (Å²) in [6.07, 6.45) is 2.19. The highest BCUT2D eigenvalue weighted by Gasteiger charge is 2.42. The second-order valence-corrected chi connectivity index (χ2v) is 5.94. The Balaban J connectivity index is 0.00000225. The molecular weight excluding hydrogens is 332 g/mol. The monoisotopic (exact) mass is 356 g/mol. The SMILES string of the molecule is CC[N+]1(c2ccccc2)C(NC)=CC(Nc2ccccc2)=NC1C.[Cl-]. The minimum atomic E-state index is 0. The molecule has 1 aliphatic rings. The number of rotatable bonds is 4. The largest absolute Gasteiger partial charge is 1.00 e. The maximum absolute atomic E-state index is 4.94. The minimum Gasteiger partial charge on any atom is -1.00 e. The molecule has 0 spiro atoms. The van der Waals surface area contributed by atoms with Crippen molar-refractivity contribution in [2.75, 3.05) is 18.9 Å². The van der Waals surface area contributed by atoms with Crippen LogP contribution in [-0.2, 0) is 0 Å². The van der Waals surface area contributed by atoms with Gasteiger partial charge in [-0.2, -0.15) is 0 Å². The van der Waals surface area contributed by atoms with Crippen LogP contribution in [0.5, 0.6) is 0 Å². The van der Waals surface area contributed by atoms with Gasteiger partial charge in [0.2, 0.25) is 5.82 Å². The number of benzene rings is 2. The van der Waals surface area contributed by atoms with Gasteiger partial charge in [0.05, 0.1) is 12.6 Å².